The fourth-order valence-corrected chi connectivity index (χ4v) is 3.18. The summed E-state index contributed by atoms with van der Waals surface area (Å²) >= 11 is 0. The smallest absolute Gasteiger partial charge is 0.417 e. The molecular formula is C22H21F3N2O4. The first kappa shape index (κ1) is 22.4. The zero-order valence-electron chi connectivity index (χ0n) is 16.7. The number of alkyl halides is 3. The van der Waals surface area contributed by atoms with Gasteiger partial charge in [-0.25, -0.2) is 4.79 Å². The number of halogens is 3. The summed E-state index contributed by atoms with van der Waals surface area (Å²) in [6, 6.07) is 11.7. The minimum absolute atomic E-state index is 0.0431. The normalized spacial score (nSPS) is 14.8. The van der Waals surface area contributed by atoms with Crippen LogP contribution in [-0.2, 0) is 14.3 Å². The molecule has 31 heavy (non-hydrogen) atoms. The van der Waals surface area contributed by atoms with Crippen LogP contribution in [0.4, 0.5) is 24.5 Å². The largest absolute Gasteiger partial charge is 0.465 e. The van der Waals surface area contributed by atoms with Crippen LogP contribution in [0.25, 0.3) is 5.57 Å². The van der Waals surface area contributed by atoms with Gasteiger partial charge in [0.2, 0.25) is 5.91 Å². The van der Waals surface area contributed by atoms with E-state index in [1.165, 1.54) is 37.4 Å². The zero-order valence-corrected chi connectivity index (χ0v) is 16.7. The molecule has 9 heteroatoms. The third-order valence-corrected chi connectivity index (χ3v) is 4.71. The molecule has 1 heterocycles. The van der Waals surface area contributed by atoms with Crippen LogP contribution in [0.5, 0.6) is 0 Å². The molecule has 0 unspecified atom stereocenters. The molecule has 0 bridgehead atoms. The average molecular weight is 434 g/mol. The SMILES string of the molecule is COC(=O)c1cc(N2CCOCC2)ccc1NC(=O)/C=C(/c1ccccc1)C(F)(F)F. The van der Waals surface area contributed by atoms with E-state index >= 15 is 0 Å². The molecule has 0 atom stereocenters. The van der Waals surface area contributed by atoms with Gasteiger partial charge in [-0.15, -0.1) is 0 Å². The van der Waals surface area contributed by atoms with Crippen LogP contribution in [0.1, 0.15) is 15.9 Å². The lowest BCUT2D eigenvalue weighted by atomic mass is 10.0. The lowest BCUT2D eigenvalue weighted by Gasteiger charge is -2.29. The first-order valence-electron chi connectivity index (χ1n) is 9.50. The van der Waals surface area contributed by atoms with Crippen molar-refractivity contribution in [3.8, 4) is 0 Å². The summed E-state index contributed by atoms with van der Waals surface area (Å²) in [4.78, 5) is 26.7. The second-order valence-corrected chi connectivity index (χ2v) is 6.73. The number of hydrogen-bond acceptors (Lipinski definition) is 5. The van der Waals surface area contributed by atoms with Gasteiger partial charge in [0.1, 0.15) is 0 Å². The van der Waals surface area contributed by atoms with Crippen molar-refractivity contribution in [2.45, 2.75) is 6.18 Å². The Balaban J connectivity index is 1.90. The van der Waals surface area contributed by atoms with Gasteiger partial charge in [-0.2, -0.15) is 13.2 Å². The molecule has 3 rings (SSSR count). The van der Waals surface area contributed by atoms with Crippen molar-refractivity contribution in [2.75, 3.05) is 43.6 Å². The second kappa shape index (κ2) is 9.65. The van der Waals surface area contributed by atoms with Gasteiger partial charge in [0.25, 0.3) is 0 Å². The van der Waals surface area contributed by atoms with E-state index in [-0.39, 0.29) is 16.8 Å². The number of amides is 1. The maximum absolute atomic E-state index is 13.5. The topological polar surface area (TPSA) is 67.9 Å². The van der Waals surface area contributed by atoms with Crippen LogP contribution in [0.2, 0.25) is 0 Å². The van der Waals surface area contributed by atoms with E-state index < -0.39 is 23.6 Å². The van der Waals surface area contributed by atoms with Crippen LogP contribution >= 0.6 is 0 Å². The first-order valence-corrected chi connectivity index (χ1v) is 9.50. The zero-order chi connectivity index (χ0) is 22.4. The number of carbonyl (C=O) groups is 2. The van der Waals surface area contributed by atoms with E-state index in [2.05, 4.69) is 5.32 Å². The van der Waals surface area contributed by atoms with Crippen LogP contribution in [0.15, 0.2) is 54.6 Å². The number of morpholine rings is 1. The molecule has 0 aromatic heterocycles. The monoisotopic (exact) mass is 434 g/mol. The van der Waals surface area contributed by atoms with E-state index in [0.29, 0.717) is 32.4 Å². The van der Waals surface area contributed by atoms with Gasteiger partial charge in [-0.3, -0.25) is 4.79 Å². The number of rotatable bonds is 5. The summed E-state index contributed by atoms with van der Waals surface area (Å²) in [6.45, 7) is 2.33. The third-order valence-electron chi connectivity index (χ3n) is 4.71. The number of nitrogens with zero attached hydrogens (tertiary/aromatic N) is 1. The van der Waals surface area contributed by atoms with E-state index in [0.717, 1.165) is 5.69 Å². The van der Waals surface area contributed by atoms with Crippen LogP contribution in [-0.4, -0.2) is 51.5 Å². The summed E-state index contributed by atoms with van der Waals surface area (Å²) < 4.78 is 50.5. The van der Waals surface area contributed by atoms with Crippen molar-refractivity contribution in [3.05, 3.63) is 65.7 Å². The molecule has 2 aromatic rings. The van der Waals surface area contributed by atoms with Gasteiger partial charge in [0.05, 0.1) is 37.1 Å². The number of esters is 1. The van der Waals surface area contributed by atoms with Gasteiger partial charge in [0, 0.05) is 24.9 Å². The van der Waals surface area contributed by atoms with E-state index in [9.17, 15) is 22.8 Å². The molecule has 1 fully saturated rings. The summed E-state index contributed by atoms with van der Waals surface area (Å²) in [5.41, 5.74) is -0.408. The molecule has 1 saturated heterocycles. The number of carbonyl (C=O) groups excluding carboxylic acids is 2. The number of methoxy groups -OCH3 is 1. The van der Waals surface area contributed by atoms with Crippen LogP contribution < -0.4 is 10.2 Å². The molecule has 1 aliphatic rings. The number of anilines is 2. The van der Waals surface area contributed by atoms with Crippen molar-refractivity contribution in [1.29, 1.82) is 0 Å². The fourth-order valence-electron chi connectivity index (χ4n) is 3.18. The molecule has 6 nitrogen and oxygen atoms in total. The van der Waals surface area contributed by atoms with Crippen molar-refractivity contribution in [1.82, 2.24) is 0 Å². The number of nitrogens with one attached hydrogen (secondary N) is 1. The quantitative estimate of drug-likeness (QED) is 0.571. The van der Waals surface area contributed by atoms with Gasteiger partial charge in [-0.05, 0) is 23.8 Å². The van der Waals surface area contributed by atoms with E-state index in [4.69, 9.17) is 9.47 Å². The molecule has 0 spiro atoms. The Bertz CT molecular complexity index is 968. The standard InChI is InChI=1S/C22H21F3N2O4/c1-30-21(29)17-13-16(27-9-11-31-12-10-27)7-8-19(17)26-20(28)14-18(22(23,24)25)15-5-3-2-4-6-15/h2-8,13-14H,9-12H2,1H3,(H,26,28)/b18-14-. The number of benzene rings is 2. The predicted octanol–water partition coefficient (Wildman–Crippen LogP) is 3.89. The fraction of sp³-hybridized carbons (Fsp3) is 0.273. The predicted molar refractivity (Wildman–Crippen MR) is 110 cm³/mol. The molecule has 1 amide bonds. The maximum Gasteiger partial charge on any atom is 0.417 e. The minimum Gasteiger partial charge on any atom is -0.465 e. The third kappa shape index (κ3) is 5.64. The van der Waals surface area contributed by atoms with Crippen molar-refractivity contribution in [3.63, 3.8) is 0 Å². The Labute approximate surface area is 177 Å². The minimum atomic E-state index is -4.73. The molecule has 0 aliphatic carbocycles. The molecule has 0 radical (unpaired) electrons. The summed E-state index contributed by atoms with van der Waals surface area (Å²) in [5, 5.41) is 2.37. The number of hydrogen-bond donors (Lipinski definition) is 1. The Morgan fingerprint density at radius 3 is 2.39 bits per heavy atom. The molecule has 1 aliphatic heterocycles. The number of ether oxygens (including phenoxy) is 2. The van der Waals surface area contributed by atoms with Gasteiger partial charge < -0.3 is 19.7 Å². The molecule has 164 valence electrons. The van der Waals surface area contributed by atoms with Gasteiger partial charge in [-0.1, -0.05) is 30.3 Å². The van der Waals surface area contributed by atoms with Gasteiger partial charge >= 0.3 is 12.1 Å². The second-order valence-electron chi connectivity index (χ2n) is 6.73. The Hall–Kier alpha value is -3.33. The van der Waals surface area contributed by atoms with Crippen molar-refractivity contribution < 1.29 is 32.2 Å². The first-order chi connectivity index (χ1) is 14.8. The van der Waals surface area contributed by atoms with Crippen molar-refractivity contribution in [2.24, 2.45) is 0 Å². The van der Waals surface area contributed by atoms with E-state index in [1.807, 2.05) is 4.90 Å². The summed E-state index contributed by atoms with van der Waals surface area (Å²) in [6.07, 6.45) is -4.25. The highest BCUT2D eigenvalue weighted by atomic mass is 19.4. The summed E-state index contributed by atoms with van der Waals surface area (Å²) in [7, 11) is 1.19. The van der Waals surface area contributed by atoms with E-state index in [1.54, 1.807) is 18.2 Å². The van der Waals surface area contributed by atoms with Crippen LogP contribution in [0.3, 0.4) is 0 Å². The Kier molecular flexibility index (Phi) is 6.96. The summed E-state index contributed by atoms with van der Waals surface area (Å²) in [5.74, 6) is -1.73. The highest BCUT2D eigenvalue weighted by Gasteiger charge is 2.35. The highest BCUT2D eigenvalue weighted by molar-refractivity contribution is 6.08. The van der Waals surface area contributed by atoms with Crippen LogP contribution in [0, 0.1) is 0 Å². The number of allylic oxidation sites excluding steroid dienone is 1. The molecular weight excluding hydrogens is 413 g/mol. The molecule has 1 N–H and O–H groups in total. The highest BCUT2D eigenvalue weighted by Crippen LogP contribution is 2.34. The van der Waals surface area contributed by atoms with Crippen molar-refractivity contribution >= 4 is 28.8 Å². The lowest BCUT2D eigenvalue weighted by Crippen LogP contribution is -2.36. The Morgan fingerprint density at radius 2 is 1.77 bits per heavy atom. The molecule has 0 saturated carbocycles. The molecule has 2 aromatic carbocycles. The maximum atomic E-state index is 13.5. The Morgan fingerprint density at radius 1 is 1.10 bits per heavy atom. The van der Waals surface area contributed by atoms with Gasteiger partial charge in [0.15, 0.2) is 0 Å². The lowest BCUT2D eigenvalue weighted by molar-refractivity contribution is -0.112. The average Bonchev–Trinajstić information content (AvgIpc) is 2.77.